The molecule has 2 amide bonds. The Morgan fingerprint density at radius 1 is 1.15 bits per heavy atom. The molecule has 0 saturated carbocycles. The van der Waals surface area contributed by atoms with Crippen LogP contribution in [0, 0.1) is 0 Å². The van der Waals surface area contributed by atoms with Crippen molar-refractivity contribution < 1.29 is 18.0 Å². The van der Waals surface area contributed by atoms with Gasteiger partial charge in [0.15, 0.2) is 0 Å². The zero-order chi connectivity index (χ0) is 20.2. The summed E-state index contributed by atoms with van der Waals surface area (Å²) in [5.41, 5.74) is 5.42. The number of hydrogen-bond acceptors (Lipinski definition) is 5. The molecule has 0 aliphatic carbocycles. The fraction of sp³-hybridized carbons (Fsp3) is 0.647. The van der Waals surface area contributed by atoms with Gasteiger partial charge in [-0.25, -0.2) is 8.42 Å². The molecule has 1 aromatic heterocycles. The molecule has 27 heavy (non-hydrogen) atoms. The number of nitrogens with two attached hydrogens (primary N) is 1. The summed E-state index contributed by atoms with van der Waals surface area (Å²) in [7, 11) is -2.13. The molecule has 1 aliphatic heterocycles. The lowest BCUT2D eigenvalue weighted by Gasteiger charge is -2.25. The van der Waals surface area contributed by atoms with Gasteiger partial charge in [0.25, 0.3) is 5.91 Å². The molecule has 1 aromatic rings. The summed E-state index contributed by atoms with van der Waals surface area (Å²) in [6, 6.07) is 1.31. The first-order chi connectivity index (χ1) is 12.7. The van der Waals surface area contributed by atoms with Crippen LogP contribution in [0.4, 0.5) is 0 Å². The van der Waals surface area contributed by atoms with Crippen molar-refractivity contribution in [1.82, 2.24) is 18.7 Å². The minimum Gasteiger partial charge on any atom is -0.364 e. The Morgan fingerprint density at radius 3 is 2.37 bits per heavy atom. The van der Waals surface area contributed by atoms with Crippen molar-refractivity contribution in [2.24, 2.45) is 12.8 Å². The van der Waals surface area contributed by atoms with Crippen LogP contribution >= 0.6 is 0 Å². The molecular weight excluding hydrogens is 370 g/mol. The standard InChI is InChI=1S/C17H29N5O4S/c1-4-21(5-2)16(23)13-20-7-6-8-22(10-9-20)27(25,26)14-11-15(17(18)24)19(3)12-14/h11-12H,4-10,13H2,1-3H3,(H2,18,24). The fourth-order valence-electron chi connectivity index (χ4n) is 3.28. The molecule has 0 aromatic carbocycles. The molecule has 0 atom stereocenters. The molecular formula is C17H29N5O4S. The maximum atomic E-state index is 12.9. The van der Waals surface area contributed by atoms with E-state index in [4.69, 9.17) is 5.73 Å². The van der Waals surface area contributed by atoms with Gasteiger partial charge in [-0.15, -0.1) is 0 Å². The molecule has 0 radical (unpaired) electrons. The van der Waals surface area contributed by atoms with Crippen LogP contribution in [0.15, 0.2) is 17.2 Å². The first kappa shape index (κ1) is 21.4. The minimum absolute atomic E-state index is 0.0606. The second kappa shape index (κ2) is 8.85. The summed E-state index contributed by atoms with van der Waals surface area (Å²) < 4.78 is 28.7. The Morgan fingerprint density at radius 2 is 1.81 bits per heavy atom. The van der Waals surface area contributed by atoms with Crippen molar-refractivity contribution in [3.63, 3.8) is 0 Å². The van der Waals surface area contributed by atoms with E-state index < -0.39 is 15.9 Å². The van der Waals surface area contributed by atoms with Crippen LogP contribution in [0.1, 0.15) is 30.8 Å². The van der Waals surface area contributed by atoms with Crippen molar-refractivity contribution in [2.75, 3.05) is 45.8 Å². The molecule has 9 nitrogen and oxygen atoms in total. The van der Waals surface area contributed by atoms with E-state index in [0.717, 1.165) is 0 Å². The van der Waals surface area contributed by atoms with E-state index in [0.29, 0.717) is 52.2 Å². The maximum Gasteiger partial charge on any atom is 0.265 e. The predicted molar refractivity (Wildman–Crippen MR) is 102 cm³/mol. The molecule has 1 aliphatic rings. The lowest BCUT2D eigenvalue weighted by Crippen LogP contribution is -2.42. The first-order valence-corrected chi connectivity index (χ1v) is 10.6. The van der Waals surface area contributed by atoms with Crippen LogP contribution in [0.3, 0.4) is 0 Å². The second-order valence-corrected chi connectivity index (χ2v) is 8.57. The van der Waals surface area contributed by atoms with Gasteiger partial charge >= 0.3 is 0 Å². The lowest BCUT2D eigenvalue weighted by atomic mass is 10.3. The summed E-state index contributed by atoms with van der Waals surface area (Å²) in [4.78, 5) is 27.5. The number of carbonyl (C=O) groups excluding carboxylic acids is 2. The zero-order valence-electron chi connectivity index (χ0n) is 16.2. The van der Waals surface area contributed by atoms with E-state index in [9.17, 15) is 18.0 Å². The fourth-order valence-corrected chi connectivity index (χ4v) is 4.82. The number of amides is 2. The van der Waals surface area contributed by atoms with Crippen LogP contribution in [0.2, 0.25) is 0 Å². The number of aryl methyl sites for hydroxylation is 1. The van der Waals surface area contributed by atoms with E-state index in [1.165, 1.54) is 21.1 Å². The molecule has 2 heterocycles. The highest BCUT2D eigenvalue weighted by atomic mass is 32.2. The third-order valence-electron chi connectivity index (χ3n) is 4.89. The van der Waals surface area contributed by atoms with Crippen LogP contribution in [0.5, 0.6) is 0 Å². The summed E-state index contributed by atoms with van der Waals surface area (Å²) in [6.07, 6.45) is 2.04. The Labute approximate surface area is 160 Å². The van der Waals surface area contributed by atoms with Gasteiger partial charge in [-0.3, -0.25) is 14.5 Å². The number of hydrogen-bond donors (Lipinski definition) is 1. The van der Waals surface area contributed by atoms with Gasteiger partial charge in [0.05, 0.1) is 6.54 Å². The van der Waals surface area contributed by atoms with E-state index in [1.54, 1.807) is 11.9 Å². The van der Waals surface area contributed by atoms with Gasteiger partial charge in [-0.2, -0.15) is 4.31 Å². The van der Waals surface area contributed by atoms with E-state index >= 15 is 0 Å². The van der Waals surface area contributed by atoms with Crippen LogP contribution < -0.4 is 5.73 Å². The van der Waals surface area contributed by atoms with E-state index in [2.05, 4.69) is 0 Å². The molecule has 10 heteroatoms. The summed E-state index contributed by atoms with van der Waals surface area (Å²) >= 11 is 0. The molecule has 2 N–H and O–H groups in total. The molecule has 1 saturated heterocycles. The minimum atomic E-state index is -3.72. The van der Waals surface area contributed by atoms with Crippen molar-refractivity contribution in [3.8, 4) is 0 Å². The molecule has 2 rings (SSSR count). The van der Waals surface area contributed by atoms with Gasteiger partial charge in [-0.05, 0) is 32.9 Å². The smallest absolute Gasteiger partial charge is 0.265 e. The second-order valence-electron chi connectivity index (χ2n) is 6.64. The van der Waals surface area contributed by atoms with Gasteiger partial charge in [0.2, 0.25) is 15.9 Å². The quantitative estimate of drug-likeness (QED) is 0.676. The normalized spacial score (nSPS) is 16.9. The summed E-state index contributed by atoms with van der Waals surface area (Å²) in [6.45, 7) is 7.35. The van der Waals surface area contributed by atoms with Crippen LogP contribution in [0.25, 0.3) is 0 Å². The number of sulfonamides is 1. The van der Waals surface area contributed by atoms with Crippen LogP contribution in [-0.4, -0.2) is 84.7 Å². The Kier molecular flexibility index (Phi) is 7.01. The summed E-state index contributed by atoms with van der Waals surface area (Å²) in [5, 5.41) is 0. The number of primary amides is 1. The Balaban J connectivity index is 2.07. The molecule has 0 spiro atoms. The van der Waals surface area contributed by atoms with Crippen molar-refractivity contribution in [2.45, 2.75) is 25.2 Å². The highest BCUT2D eigenvalue weighted by Gasteiger charge is 2.29. The third kappa shape index (κ3) is 4.88. The SMILES string of the molecule is CCN(CC)C(=O)CN1CCCN(S(=O)(=O)c2cc(C(N)=O)n(C)c2)CC1. The number of aromatic nitrogens is 1. The molecule has 152 valence electrons. The van der Waals surface area contributed by atoms with Gasteiger partial charge < -0.3 is 15.2 Å². The van der Waals surface area contributed by atoms with Gasteiger partial charge in [-0.1, -0.05) is 0 Å². The zero-order valence-corrected chi connectivity index (χ0v) is 17.0. The van der Waals surface area contributed by atoms with E-state index in [-0.39, 0.29) is 16.5 Å². The van der Waals surface area contributed by atoms with Gasteiger partial charge in [0, 0.05) is 46.0 Å². The van der Waals surface area contributed by atoms with Crippen molar-refractivity contribution in [3.05, 3.63) is 18.0 Å². The number of nitrogens with zero attached hydrogens (tertiary/aromatic N) is 4. The third-order valence-corrected chi connectivity index (χ3v) is 6.76. The topological polar surface area (TPSA) is 109 Å². The number of rotatable bonds is 7. The van der Waals surface area contributed by atoms with Crippen molar-refractivity contribution >= 4 is 21.8 Å². The average molecular weight is 400 g/mol. The number of carbonyl (C=O) groups is 2. The molecule has 0 unspecified atom stereocenters. The van der Waals surface area contributed by atoms with Gasteiger partial charge in [0.1, 0.15) is 10.6 Å². The first-order valence-electron chi connectivity index (χ1n) is 9.17. The Hall–Kier alpha value is -1.91. The molecule has 1 fully saturated rings. The molecule has 0 bridgehead atoms. The predicted octanol–water partition coefficient (Wildman–Crippen LogP) is -0.311. The maximum absolute atomic E-state index is 12.9. The summed E-state index contributed by atoms with van der Waals surface area (Å²) in [5.74, 6) is -0.610. The van der Waals surface area contributed by atoms with Crippen molar-refractivity contribution in [1.29, 1.82) is 0 Å². The monoisotopic (exact) mass is 399 g/mol. The Bertz CT molecular complexity index is 785. The lowest BCUT2D eigenvalue weighted by molar-refractivity contribution is -0.132. The van der Waals surface area contributed by atoms with E-state index in [1.807, 2.05) is 18.7 Å². The average Bonchev–Trinajstić information content (AvgIpc) is 2.85. The highest BCUT2D eigenvalue weighted by Crippen LogP contribution is 2.20. The number of likely N-dealkylation sites (N-methyl/N-ethyl adjacent to an activating group) is 1. The highest BCUT2D eigenvalue weighted by molar-refractivity contribution is 7.89. The largest absolute Gasteiger partial charge is 0.364 e. The van der Waals surface area contributed by atoms with Crippen LogP contribution in [-0.2, 0) is 21.9 Å².